The Balaban J connectivity index is 1.82. The number of hydrogen-bond acceptors (Lipinski definition) is 5. The molecule has 1 aliphatic heterocycles. The van der Waals surface area contributed by atoms with Crippen molar-refractivity contribution >= 4 is 5.91 Å². The summed E-state index contributed by atoms with van der Waals surface area (Å²) in [5, 5.41) is 6.39. The van der Waals surface area contributed by atoms with E-state index >= 15 is 0 Å². The van der Waals surface area contributed by atoms with Crippen molar-refractivity contribution in [2.24, 2.45) is 11.8 Å². The van der Waals surface area contributed by atoms with Crippen molar-refractivity contribution in [3.05, 3.63) is 17.7 Å². The first-order valence-electron chi connectivity index (χ1n) is 7.01. The Bertz CT molecular complexity index is 551. The highest BCUT2D eigenvalue weighted by Crippen LogP contribution is 2.43. The molecule has 2 atom stereocenters. The lowest BCUT2D eigenvalue weighted by molar-refractivity contribution is 0.0942. The number of fused-ring (bicyclic) bond motifs is 1. The lowest BCUT2D eigenvalue weighted by Gasteiger charge is -2.16. The molecule has 114 valence electrons. The zero-order chi connectivity index (χ0) is 15.0. The third-order valence-corrected chi connectivity index (χ3v) is 4.34. The van der Waals surface area contributed by atoms with Gasteiger partial charge in [-0.15, -0.1) is 0 Å². The number of nitrogens with one attached hydrogen (secondary N) is 2. The van der Waals surface area contributed by atoms with Gasteiger partial charge in [-0.1, -0.05) is 0 Å². The summed E-state index contributed by atoms with van der Waals surface area (Å²) in [6.45, 7) is 1.97. The summed E-state index contributed by atoms with van der Waals surface area (Å²) in [5.74, 6) is 2.38. The molecule has 1 aromatic rings. The van der Waals surface area contributed by atoms with E-state index in [0.717, 1.165) is 13.1 Å². The molecule has 21 heavy (non-hydrogen) atoms. The van der Waals surface area contributed by atoms with Crippen molar-refractivity contribution < 1.29 is 19.0 Å². The van der Waals surface area contributed by atoms with E-state index in [1.54, 1.807) is 19.2 Å². The number of benzene rings is 1. The molecule has 1 saturated carbocycles. The largest absolute Gasteiger partial charge is 0.493 e. The lowest BCUT2D eigenvalue weighted by Crippen LogP contribution is -2.32. The lowest BCUT2D eigenvalue weighted by atomic mass is 10.1. The minimum Gasteiger partial charge on any atom is -0.493 e. The predicted octanol–water partition coefficient (Wildman–Crippen LogP) is 0.660. The Morgan fingerprint density at radius 1 is 1.10 bits per heavy atom. The summed E-state index contributed by atoms with van der Waals surface area (Å²) < 4.78 is 15.9. The highest BCUT2D eigenvalue weighted by Gasteiger charge is 2.53. The third kappa shape index (κ3) is 2.29. The van der Waals surface area contributed by atoms with Crippen LogP contribution in [0.3, 0.4) is 0 Å². The first-order chi connectivity index (χ1) is 10.2. The molecule has 1 aromatic carbocycles. The van der Waals surface area contributed by atoms with Gasteiger partial charge in [0, 0.05) is 19.1 Å². The third-order valence-electron chi connectivity index (χ3n) is 4.34. The van der Waals surface area contributed by atoms with Crippen LogP contribution in [0.2, 0.25) is 0 Å². The van der Waals surface area contributed by atoms with Crippen LogP contribution in [-0.2, 0) is 0 Å². The van der Waals surface area contributed by atoms with E-state index in [4.69, 9.17) is 14.2 Å². The number of rotatable bonds is 5. The van der Waals surface area contributed by atoms with E-state index in [1.165, 1.54) is 14.2 Å². The molecule has 1 aliphatic carbocycles. The molecule has 2 aliphatic rings. The highest BCUT2D eigenvalue weighted by atomic mass is 16.5. The van der Waals surface area contributed by atoms with E-state index in [0.29, 0.717) is 34.6 Å². The minimum atomic E-state index is -0.132. The van der Waals surface area contributed by atoms with E-state index in [1.807, 2.05) is 0 Å². The monoisotopic (exact) mass is 292 g/mol. The number of carbonyl (C=O) groups is 1. The van der Waals surface area contributed by atoms with Gasteiger partial charge in [0.05, 0.1) is 26.9 Å². The van der Waals surface area contributed by atoms with Gasteiger partial charge in [-0.25, -0.2) is 0 Å². The van der Waals surface area contributed by atoms with Gasteiger partial charge in [0.15, 0.2) is 11.5 Å². The Kier molecular flexibility index (Phi) is 3.63. The SMILES string of the molecule is COc1ccc(C(=O)NC2C3CNCC32)c(OC)c1OC. The summed E-state index contributed by atoms with van der Waals surface area (Å²) in [6, 6.07) is 3.69. The van der Waals surface area contributed by atoms with Crippen LogP contribution in [0.5, 0.6) is 17.2 Å². The number of piperidine rings is 1. The maximum atomic E-state index is 12.5. The van der Waals surface area contributed by atoms with Crippen LogP contribution in [0.4, 0.5) is 0 Å². The summed E-state index contributed by atoms with van der Waals surface area (Å²) in [7, 11) is 4.60. The Morgan fingerprint density at radius 2 is 1.76 bits per heavy atom. The first-order valence-corrected chi connectivity index (χ1v) is 7.01. The zero-order valence-corrected chi connectivity index (χ0v) is 12.4. The Hall–Kier alpha value is -1.95. The molecule has 2 unspecified atom stereocenters. The van der Waals surface area contributed by atoms with Crippen LogP contribution in [-0.4, -0.2) is 46.4 Å². The number of ether oxygens (including phenoxy) is 3. The van der Waals surface area contributed by atoms with Gasteiger partial charge < -0.3 is 24.8 Å². The summed E-state index contributed by atoms with van der Waals surface area (Å²) in [5.41, 5.74) is 0.466. The normalized spacial score (nSPS) is 26.0. The standard InChI is InChI=1S/C15H20N2O4/c1-19-11-5-4-8(13(20-2)14(11)21-3)15(18)17-12-9-6-16-7-10(9)12/h4-5,9-10,12,16H,6-7H2,1-3H3,(H,17,18). The second kappa shape index (κ2) is 5.44. The van der Waals surface area contributed by atoms with Crippen LogP contribution >= 0.6 is 0 Å². The molecule has 0 spiro atoms. The molecular weight excluding hydrogens is 272 g/mol. The maximum Gasteiger partial charge on any atom is 0.255 e. The minimum absolute atomic E-state index is 0.132. The van der Waals surface area contributed by atoms with Gasteiger partial charge >= 0.3 is 0 Å². The topological polar surface area (TPSA) is 68.8 Å². The quantitative estimate of drug-likeness (QED) is 0.834. The first kappa shape index (κ1) is 14.0. The molecule has 0 bridgehead atoms. The average Bonchev–Trinajstić information content (AvgIpc) is 2.94. The van der Waals surface area contributed by atoms with Crippen LogP contribution in [0.15, 0.2) is 12.1 Å². The molecule has 1 saturated heterocycles. The fourth-order valence-electron chi connectivity index (χ4n) is 3.14. The number of hydrogen-bond donors (Lipinski definition) is 2. The number of amides is 1. The number of methoxy groups -OCH3 is 3. The molecule has 0 radical (unpaired) electrons. The van der Waals surface area contributed by atoms with E-state index in [9.17, 15) is 4.79 Å². The van der Waals surface area contributed by atoms with Gasteiger partial charge in [0.1, 0.15) is 0 Å². The van der Waals surface area contributed by atoms with Gasteiger partial charge in [-0.05, 0) is 24.0 Å². The Labute approximate surface area is 123 Å². The second-order valence-corrected chi connectivity index (χ2v) is 5.37. The second-order valence-electron chi connectivity index (χ2n) is 5.37. The number of carbonyl (C=O) groups excluding carboxylic acids is 1. The molecule has 2 fully saturated rings. The van der Waals surface area contributed by atoms with E-state index in [2.05, 4.69) is 10.6 Å². The molecular formula is C15H20N2O4. The molecule has 3 rings (SSSR count). The molecule has 2 N–H and O–H groups in total. The van der Waals surface area contributed by atoms with E-state index < -0.39 is 0 Å². The molecule has 6 heteroatoms. The van der Waals surface area contributed by atoms with Crippen LogP contribution < -0.4 is 24.8 Å². The average molecular weight is 292 g/mol. The summed E-state index contributed by atoms with van der Waals surface area (Å²) in [6.07, 6.45) is 0. The maximum absolute atomic E-state index is 12.5. The van der Waals surface area contributed by atoms with Gasteiger partial charge in [-0.2, -0.15) is 0 Å². The van der Waals surface area contributed by atoms with Gasteiger partial charge in [0.2, 0.25) is 5.75 Å². The van der Waals surface area contributed by atoms with Crippen LogP contribution in [0, 0.1) is 11.8 Å². The summed E-state index contributed by atoms with van der Waals surface area (Å²) >= 11 is 0. The fraction of sp³-hybridized carbons (Fsp3) is 0.533. The van der Waals surface area contributed by atoms with Crippen LogP contribution in [0.25, 0.3) is 0 Å². The van der Waals surface area contributed by atoms with Crippen molar-refractivity contribution in [1.82, 2.24) is 10.6 Å². The summed E-state index contributed by atoms with van der Waals surface area (Å²) in [4.78, 5) is 12.5. The fourth-order valence-corrected chi connectivity index (χ4v) is 3.14. The predicted molar refractivity (Wildman–Crippen MR) is 77.2 cm³/mol. The van der Waals surface area contributed by atoms with Crippen molar-refractivity contribution in [1.29, 1.82) is 0 Å². The van der Waals surface area contributed by atoms with Crippen molar-refractivity contribution in [2.75, 3.05) is 34.4 Å². The zero-order valence-electron chi connectivity index (χ0n) is 12.4. The van der Waals surface area contributed by atoms with E-state index in [-0.39, 0.29) is 11.9 Å². The van der Waals surface area contributed by atoms with Crippen LogP contribution in [0.1, 0.15) is 10.4 Å². The van der Waals surface area contributed by atoms with Gasteiger partial charge in [0.25, 0.3) is 5.91 Å². The van der Waals surface area contributed by atoms with Gasteiger partial charge in [-0.3, -0.25) is 4.79 Å². The van der Waals surface area contributed by atoms with Crippen molar-refractivity contribution in [3.8, 4) is 17.2 Å². The molecule has 1 amide bonds. The van der Waals surface area contributed by atoms with Crippen molar-refractivity contribution in [2.45, 2.75) is 6.04 Å². The molecule has 6 nitrogen and oxygen atoms in total. The van der Waals surface area contributed by atoms with Crippen molar-refractivity contribution in [3.63, 3.8) is 0 Å². The highest BCUT2D eigenvalue weighted by molar-refractivity contribution is 5.98. The molecule has 0 aromatic heterocycles. The molecule has 1 heterocycles. The Morgan fingerprint density at radius 3 is 2.33 bits per heavy atom. The smallest absolute Gasteiger partial charge is 0.255 e.